The van der Waals surface area contributed by atoms with Crippen LogP contribution in [0.15, 0.2) is 18.2 Å². The molecule has 17 heavy (non-hydrogen) atoms. The largest absolute Gasteiger partial charge is 0.396 e. The van der Waals surface area contributed by atoms with Crippen LogP contribution < -0.4 is 5.73 Å². The summed E-state index contributed by atoms with van der Waals surface area (Å²) in [6.07, 6.45) is -3.81. The lowest BCUT2D eigenvalue weighted by Gasteiger charge is -2.15. The number of benzene rings is 1. The topological polar surface area (TPSA) is 35.2 Å². The van der Waals surface area contributed by atoms with Gasteiger partial charge in [0.1, 0.15) is 6.61 Å². The summed E-state index contributed by atoms with van der Waals surface area (Å²) in [5.41, 5.74) is 5.01. The van der Waals surface area contributed by atoms with Crippen LogP contribution in [0.3, 0.4) is 0 Å². The van der Waals surface area contributed by atoms with Crippen LogP contribution in [0.1, 0.15) is 5.56 Å². The maximum Gasteiger partial charge on any atom is 0.330 e. The number of anilines is 1. The number of nitrogens with two attached hydrogens (primary N) is 1. The van der Waals surface area contributed by atoms with E-state index in [-0.39, 0.29) is 11.3 Å². The number of ether oxygens (including phenoxy) is 1. The second-order valence-electron chi connectivity index (χ2n) is 3.37. The molecule has 0 aromatic heterocycles. The molecule has 0 unspecified atom stereocenters. The number of hydrogen-bond donors (Lipinski definition) is 1. The Morgan fingerprint density at radius 2 is 1.94 bits per heavy atom. The number of hydrogen-bond acceptors (Lipinski definition) is 2. The first kappa shape index (κ1) is 13.7. The van der Waals surface area contributed by atoms with Crippen LogP contribution in [0.4, 0.5) is 27.6 Å². The maximum absolute atomic E-state index is 13.2. The van der Waals surface area contributed by atoms with Gasteiger partial charge in [-0.15, -0.1) is 0 Å². The number of halogens is 5. The molecule has 0 bridgehead atoms. The molecule has 0 spiro atoms. The smallest absolute Gasteiger partial charge is 0.330 e. The standard InChI is InChI=1S/C10H10F5NO/c11-8-6(2-1-3-7(8)16)4-17-5-10(14,15)9(12)13/h1-3,9H,4-5,16H2. The minimum Gasteiger partial charge on any atom is -0.396 e. The molecule has 0 amide bonds. The SMILES string of the molecule is Nc1cccc(COCC(F)(F)C(F)F)c1F. The van der Waals surface area contributed by atoms with E-state index in [0.29, 0.717) is 0 Å². The highest BCUT2D eigenvalue weighted by atomic mass is 19.3. The third-order valence-corrected chi connectivity index (χ3v) is 1.98. The maximum atomic E-state index is 13.2. The summed E-state index contributed by atoms with van der Waals surface area (Å²) in [5, 5.41) is 0. The average Bonchev–Trinajstić information content (AvgIpc) is 2.24. The molecule has 1 aromatic rings. The molecule has 0 aliphatic carbocycles. The van der Waals surface area contributed by atoms with Crippen molar-refractivity contribution in [3.63, 3.8) is 0 Å². The van der Waals surface area contributed by atoms with Gasteiger partial charge >= 0.3 is 12.3 Å². The van der Waals surface area contributed by atoms with Crippen LogP contribution in [0.5, 0.6) is 0 Å². The summed E-state index contributed by atoms with van der Waals surface area (Å²) in [7, 11) is 0. The molecule has 0 atom stereocenters. The molecule has 0 aliphatic rings. The molecule has 96 valence electrons. The van der Waals surface area contributed by atoms with Gasteiger partial charge in [-0.3, -0.25) is 0 Å². The third kappa shape index (κ3) is 3.55. The number of alkyl halides is 4. The van der Waals surface area contributed by atoms with Crippen LogP contribution in [-0.4, -0.2) is 19.0 Å². The molecule has 0 aliphatic heterocycles. The molecule has 0 saturated heterocycles. The molecule has 1 rings (SSSR count). The van der Waals surface area contributed by atoms with Gasteiger partial charge in [-0.1, -0.05) is 12.1 Å². The Balaban J connectivity index is 2.55. The van der Waals surface area contributed by atoms with E-state index in [4.69, 9.17) is 5.73 Å². The van der Waals surface area contributed by atoms with E-state index in [0.717, 1.165) is 0 Å². The van der Waals surface area contributed by atoms with Crippen LogP contribution in [0, 0.1) is 5.82 Å². The highest BCUT2D eigenvalue weighted by molar-refractivity contribution is 5.42. The lowest BCUT2D eigenvalue weighted by molar-refractivity contribution is -0.168. The van der Waals surface area contributed by atoms with Gasteiger partial charge in [0.25, 0.3) is 0 Å². The van der Waals surface area contributed by atoms with Crippen molar-refractivity contribution in [1.82, 2.24) is 0 Å². The quantitative estimate of drug-likeness (QED) is 0.648. The Labute approximate surface area is 94.2 Å². The first-order valence-electron chi connectivity index (χ1n) is 4.61. The number of nitrogen functional groups attached to an aromatic ring is 1. The summed E-state index contributed by atoms with van der Waals surface area (Å²) in [6.45, 7) is -2.02. The zero-order valence-electron chi connectivity index (χ0n) is 8.60. The van der Waals surface area contributed by atoms with Crippen molar-refractivity contribution in [2.45, 2.75) is 19.0 Å². The van der Waals surface area contributed by atoms with E-state index in [1.165, 1.54) is 18.2 Å². The number of rotatable bonds is 5. The summed E-state index contributed by atoms with van der Waals surface area (Å²) < 4.78 is 66.0. The minimum atomic E-state index is -4.24. The van der Waals surface area contributed by atoms with E-state index in [1.807, 2.05) is 0 Å². The van der Waals surface area contributed by atoms with E-state index in [9.17, 15) is 22.0 Å². The van der Waals surface area contributed by atoms with E-state index in [2.05, 4.69) is 4.74 Å². The predicted molar refractivity (Wildman–Crippen MR) is 51.4 cm³/mol. The van der Waals surface area contributed by atoms with Crippen LogP contribution in [-0.2, 0) is 11.3 Å². The van der Waals surface area contributed by atoms with Crippen molar-refractivity contribution in [3.05, 3.63) is 29.6 Å². The van der Waals surface area contributed by atoms with Gasteiger partial charge < -0.3 is 10.5 Å². The third-order valence-electron chi connectivity index (χ3n) is 1.98. The first-order chi connectivity index (χ1) is 7.84. The zero-order valence-corrected chi connectivity index (χ0v) is 8.60. The van der Waals surface area contributed by atoms with Gasteiger partial charge in [0.15, 0.2) is 5.82 Å². The fourth-order valence-corrected chi connectivity index (χ4v) is 1.07. The van der Waals surface area contributed by atoms with Crippen molar-refractivity contribution in [2.24, 2.45) is 0 Å². The van der Waals surface area contributed by atoms with E-state index < -0.39 is 31.4 Å². The summed E-state index contributed by atoms with van der Waals surface area (Å²) in [6, 6.07) is 3.96. The molecule has 2 N–H and O–H groups in total. The summed E-state index contributed by atoms with van der Waals surface area (Å²) in [5.74, 6) is -5.04. The molecule has 0 saturated carbocycles. The second-order valence-corrected chi connectivity index (χ2v) is 3.37. The molecular formula is C10H10F5NO. The Kier molecular flexibility index (Phi) is 4.28. The predicted octanol–water partition coefficient (Wildman–Crippen LogP) is 2.82. The summed E-state index contributed by atoms with van der Waals surface area (Å²) >= 11 is 0. The van der Waals surface area contributed by atoms with Gasteiger partial charge in [-0.05, 0) is 6.07 Å². The Bertz CT molecular complexity index is 383. The zero-order chi connectivity index (χ0) is 13.1. The van der Waals surface area contributed by atoms with Crippen molar-refractivity contribution in [2.75, 3.05) is 12.3 Å². The second kappa shape index (κ2) is 5.31. The van der Waals surface area contributed by atoms with Gasteiger partial charge in [-0.25, -0.2) is 13.2 Å². The van der Waals surface area contributed by atoms with Crippen LogP contribution in [0.2, 0.25) is 0 Å². The fraction of sp³-hybridized carbons (Fsp3) is 0.400. The van der Waals surface area contributed by atoms with E-state index >= 15 is 0 Å². The molecule has 0 fully saturated rings. The highest BCUT2D eigenvalue weighted by Crippen LogP contribution is 2.24. The summed E-state index contributed by atoms with van der Waals surface area (Å²) in [4.78, 5) is 0. The molecular weight excluding hydrogens is 245 g/mol. The molecule has 7 heteroatoms. The Morgan fingerprint density at radius 1 is 1.29 bits per heavy atom. The molecule has 0 radical (unpaired) electrons. The van der Waals surface area contributed by atoms with Crippen LogP contribution >= 0.6 is 0 Å². The monoisotopic (exact) mass is 255 g/mol. The van der Waals surface area contributed by atoms with Crippen molar-refractivity contribution in [3.8, 4) is 0 Å². The molecule has 0 heterocycles. The highest BCUT2D eigenvalue weighted by Gasteiger charge is 2.40. The van der Waals surface area contributed by atoms with Crippen molar-refractivity contribution >= 4 is 5.69 Å². The fourth-order valence-electron chi connectivity index (χ4n) is 1.07. The minimum absolute atomic E-state index is 0.0601. The average molecular weight is 255 g/mol. The van der Waals surface area contributed by atoms with E-state index in [1.54, 1.807) is 0 Å². The van der Waals surface area contributed by atoms with Gasteiger partial charge in [0.2, 0.25) is 0 Å². The Hall–Kier alpha value is -1.37. The first-order valence-corrected chi connectivity index (χ1v) is 4.61. The lowest BCUT2D eigenvalue weighted by atomic mass is 10.2. The molecule has 2 nitrogen and oxygen atoms in total. The normalized spacial score (nSPS) is 12.1. The Morgan fingerprint density at radius 3 is 2.53 bits per heavy atom. The van der Waals surface area contributed by atoms with Crippen molar-refractivity contribution < 1.29 is 26.7 Å². The van der Waals surface area contributed by atoms with Gasteiger partial charge in [0, 0.05) is 5.56 Å². The van der Waals surface area contributed by atoms with Crippen molar-refractivity contribution in [1.29, 1.82) is 0 Å². The lowest BCUT2D eigenvalue weighted by Crippen LogP contribution is -2.32. The molecule has 1 aromatic carbocycles. The van der Waals surface area contributed by atoms with Gasteiger partial charge in [0.05, 0.1) is 12.3 Å². The van der Waals surface area contributed by atoms with Gasteiger partial charge in [-0.2, -0.15) is 8.78 Å². The van der Waals surface area contributed by atoms with Crippen LogP contribution in [0.25, 0.3) is 0 Å².